The summed E-state index contributed by atoms with van der Waals surface area (Å²) in [4.78, 5) is 0. The van der Waals surface area contributed by atoms with Crippen LogP contribution in [0.5, 0.6) is 0 Å². The molecule has 3 bridgehead atoms. The van der Waals surface area contributed by atoms with E-state index in [1.807, 2.05) is 0 Å². The maximum absolute atomic E-state index is 3.54. The first-order valence-electron chi connectivity index (χ1n) is 5.85. The molecular formula is C15H13N. The van der Waals surface area contributed by atoms with E-state index in [0.717, 1.165) is 0 Å². The second kappa shape index (κ2) is 2.88. The summed E-state index contributed by atoms with van der Waals surface area (Å²) in [5.41, 5.74) is 4.03. The van der Waals surface area contributed by atoms with Gasteiger partial charge in [-0.2, -0.15) is 0 Å². The molecule has 4 aliphatic rings. The minimum absolute atomic E-state index is 0.511. The summed E-state index contributed by atoms with van der Waals surface area (Å²) in [6.45, 7) is 0. The molecule has 3 unspecified atom stereocenters. The highest BCUT2D eigenvalue weighted by Crippen LogP contribution is 2.43. The van der Waals surface area contributed by atoms with Crippen molar-refractivity contribution in [1.29, 1.82) is 0 Å². The largest absolute Gasteiger partial charge is 0.359 e. The van der Waals surface area contributed by atoms with Crippen molar-refractivity contribution in [1.82, 2.24) is 5.32 Å². The first-order chi connectivity index (χ1) is 7.92. The van der Waals surface area contributed by atoms with Crippen LogP contribution in [0.15, 0.2) is 71.7 Å². The summed E-state index contributed by atoms with van der Waals surface area (Å²) >= 11 is 0. The molecule has 1 aliphatic heterocycles. The molecule has 1 heteroatoms. The van der Waals surface area contributed by atoms with E-state index >= 15 is 0 Å². The van der Waals surface area contributed by atoms with Gasteiger partial charge in [0.15, 0.2) is 0 Å². The second-order valence-corrected chi connectivity index (χ2v) is 4.77. The third kappa shape index (κ3) is 1.00. The molecule has 0 saturated carbocycles. The normalized spacial score (nSPS) is 37.0. The zero-order valence-electron chi connectivity index (χ0n) is 8.93. The van der Waals surface area contributed by atoms with Crippen molar-refractivity contribution in [2.75, 3.05) is 0 Å². The summed E-state index contributed by atoms with van der Waals surface area (Å²) in [7, 11) is 0. The summed E-state index contributed by atoms with van der Waals surface area (Å²) in [5.74, 6) is 1.63. The standard InChI is InChI=1S/C15H13N/c1-2-4-13-12(3-1)14-9-11-7-5-10(14)6-8-15(13)16-11/h1-9,12-14,16H. The number of hydrogen-bond acceptors (Lipinski definition) is 1. The lowest BCUT2D eigenvalue weighted by Gasteiger charge is -2.28. The first-order valence-corrected chi connectivity index (χ1v) is 5.85. The van der Waals surface area contributed by atoms with Gasteiger partial charge in [0, 0.05) is 23.2 Å². The smallest absolute Gasteiger partial charge is 0.0347 e. The molecule has 1 nitrogen and oxygen atoms in total. The van der Waals surface area contributed by atoms with Crippen molar-refractivity contribution >= 4 is 0 Å². The fraction of sp³-hybridized carbons (Fsp3) is 0.200. The second-order valence-electron chi connectivity index (χ2n) is 4.77. The Balaban J connectivity index is 1.95. The minimum atomic E-state index is 0.511. The van der Waals surface area contributed by atoms with E-state index in [-0.39, 0.29) is 0 Å². The van der Waals surface area contributed by atoms with E-state index in [4.69, 9.17) is 0 Å². The van der Waals surface area contributed by atoms with Crippen LogP contribution >= 0.6 is 0 Å². The van der Waals surface area contributed by atoms with Crippen molar-refractivity contribution in [3.8, 4) is 0 Å². The molecule has 0 fully saturated rings. The zero-order valence-corrected chi connectivity index (χ0v) is 8.93. The highest BCUT2D eigenvalue weighted by molar-refractivity contribution is 5.49. The summed E-state index contributed by atoms with van der Waals surface area (Å²) in [5, 5.41) is 3.54. The Labute approximate surface area is 95.2 Å². The van der Waals surface area contributed by atoms with Crippen LogP contribution in [-0.4, -0.2) is 0 Å². The van der Waals surface area contributed by atoms with Crippen LogP contribution in [0.3, 0.4) is 0 Å². The Morgan fingerprint density at radius 2 is 1.88 bits per heavy atom. The summed E-state index contributed by atoms with van der Waals surface area (Å²) in [6.07, 6.45) is 20.3. The number of rotatable bonds is 0. The van der Waals surface area contributed by atoms with Gasteiger partial charge in [-0.25, -0.2) is 0 Å². The Morgan fingerprint density at radius 1 is 0.938 bits per heavy atom. The number of nitrogens with one attached hydrogen (secondary N) is 1. The van der Waals surface area contributed by atoms with Crippen molar-refractivity contribution in [3.63, 3.8) is 0 Å². The van der Waals surface area contributed by atoms with Gasteiger partial charge in [-0.3, -0.25) is 0 Å². The molecule has 3 atom stereocenters. The third-order valence-corrected chi connectivity index (χ3v) is 3.89. The van der Waals surface area contributed by atoms with E-state index in [0.29, 0.717) is 17.8 Å². The molecule has 1 N–H and O–H groups in total. The average Bonchev–Trinajstić information content (AvgIpc) is 2.51. The topological polar surface area (TPSA) is 12.0 Å². The van der Waals surface area contributed by atoms with Gasteiger partial charge in [0.05, 0.1) is 0 Å². The quantitative estimate of drug-likeness (QED) is 0.644. The van der Waals surface area contributed by atoms with Crippen LogP contribution < -0.4 is 5.32 Å². The molecule has 1 heterocycles. The predicted octanol–water partition coefficient (Wildman–Crippen LogP) is 2.84. The lowest BCUT2D eigenvalue weighted by molar-refractivity contribution is 0.455. The fourth-order valence-corrected chi connectivity index (χ4v) is 3.09. The first kappa shape index (κ1) is 8.40. The van der Waals surface area contributed by atoms with Gasteiger partial charge in [0.25, 0.3) is 0 Å². The molecule has 0 aromatic carbocycles. The molecule has 0 radical (unpaired) electrons. The van der Waals surface area contributed by atoms with Crippen molar-refractivity contribution < 1.29 is 0 Å². The van der Waals surface area contributed by atoms with Crippen molar-refractivity contribution in [2.45, 2.75) is 0 Å². The third-order valence-electron chi connectivity index (χ3n) is 3.89. The lowest BCUT2D eigenvalue weighted by Crippen LogP contribution is -2.23. The summed E-state index contributed by atoms with van der Waals surface area (Å²) in [6, 6.07) is 0. The van der Waals surface area contributed by atoms with Gasteiger partial charge >= 0.3 is 0 Å². The van der Waals surface area contributed by atoms with Crippen molar-refractivity contribution in [2.24, 2.45) is 17.8 Å². The van der Waals surface area contributed by atoms with Gasteiger partial charge in [0.2, 0.25) is 0 Å². The molecule has 4 rings (SSSR count). The van der Waals surface area contributed by atoms with E-state index in [9.17, 15) is 0 Å². The SMILES string of the molecule is C1=CC2C3=CC=C4C=CC(=CC4C2C=C1)N3. The molecule has 0 aromatic heterocycles. The van der Waals surface area contributed by atoms with Crippen LogP contribution in [0.4, 0.5) is 0 Å². The highest BCUT2D eigenvalue weighted by atomic mass is 14.9. The Morgan fingerprint density at radius 3 is 2.88 bits per heavy atom. The molecule has 0 amide bonds. The van der Waals surface area contributed by atoms with Gasteiger partial charge in [-0.05, 0) is 23.6 Å². The molecule has 16 heavy (non-hydrogen) atoms. The monoisotopic (exact) mass is 207 g/mol. The fourth-order valence-electron chi connectivity index (χ4n) is 3.09. The minimum Gasteiger partial charge on any atom is -0.359 e. The van der Waals surface area contributed by atoms with Crippen LogP contribution in [0.1, 0.15) is 0 Å². The van der Waals surface area contributed by atoms with Crippen LogP contribution in [0.2, 0.25) is 0 Å². The number of allylic oxidation sites excluding steroid dienone is 10. The van der Waals surface area contributed by atoms with E-state index < -0.39 is 0 Å². The Hall–Kier alpha value is -1.76. The molecular weight excluding hydrogens is 194 g/mol. The number of hydrogen-bond donors (Lipinski definition) is 1. The molecule has 78 valence electrons. The maximum atomic E-state index is 3.54. The van der Waals surface area contributed by atoms with Gasteiger partial charge in [0.1, 0.15) is 0 Å². The summed E-state index contributed by atoms with van der Waals surface area (Å²) < 4.78 is 0. The van der Waals surface area contributed by atoms with E-state index in [2.05, 4.69) is 60.0 Å². The average molecular weight is 207 g/mol. The molecule has 0 aromatic rings. The van der Waals surface area contributed by atoms with E-state index in [1.165, 1.54) is 17.0 Å². The molecule has 0 saturated heterocycles. The van der Waals surface area contributed by atoms with Crippen LogP contribution in [-0.2, 0) is 0 Å². The van der Waals surface area contributed by atoms with Gasteiger partial charge in [-0.1, -0.05) is 42.5 Å². The molecule has 0 spiro atoms. The van der Waals surface area contributed by atoms with E-state index in [1.54, 1.807) is 0 Å². The zero-order chi connectivity index (χ0) is 10.5. The molecule has 3 aliphatic carbocycles. The Bertz CT molecular complexity index is 526. The lowest BCUT2D eigenvalue weighted by atomic mass is 9.75. The van der Waals surface area contributed by atoms with Crippen LogP contribution in [0, 0.1) is 17.8 Å². The maximum Gasteiger partial charge on any atom is 0.0347 e. The van der Waals surface area contributed by atoms with Gasteiger partial charge in [-0.15, -0.1) is 0 Å². The Kier molecular flexibility index (Phi) is 1.51. The van der Waals surface area contributed by atoms with Gasteiger partial charge < -0.3 is 5.32 Å². The van der Waals surface area contributed by atoms with Crippen LogP contribution in [0.25, 0.3) is 0 Å². The highest BCUT2D eigenvalue weighted by Gasteiger charge is 2.35. The van der Waals surface area contributed by atoms with Crippen molar-refractivity contribution in [3.05, 3.63) is 71.7 Å². The predicted molar refractivity (Wildman–Crippen MR) is 65.3 cm³/mol.